The van der Waals surface area contributed by atoms with E-state index in [2.05, 4.69) is 0 Å². The van der Waals surface area contributed by atoms with Gasteiger partial charge in [-0.05, 0) is 25.7 Å². The average Bonchev–Trinajstić information content (AvgIpc) is 2.05. The van der Waals surface area contributed by atoms with Gasteiger partial charge < -0.3 is 10.5 Å². The van der Waals surface area contributed by atoms with E-state index in [1.165, 1.54) is 0 Å². The van der Waals surface area contributed by atoms with E-state index in [4.69, 9.17) is 10.5 Å². The van der Waals surface area contributed by atoms with Crippen LogP contribution < -0.4 is 0 Å². The standard InChI is InChI=1S/C9H17NO2/c1-2-5-9(12)8(10)6-3-4-7-11/h10-11H,2-7H2,1H3. The van der Waals surface area contributed by atoms with E-state index in [9.17, 15) is 4.79 Å². The fourth-order valence-corrected chi connectivity index (χ4v) is 0.931. The number of hydrogen-bond donors (Lipinski definition) is 2. The number of carbonyl (C=O) groups excluding carboxylic acids is 1. The predicted molar refractivity (Wildman–Crippen MR) is 48.6 cm³/mol. The Balaban J connectivity index is 3.50. The first-order chi connectivity index (χ1) is 5.72. The SMILES string of the molecule is CCCC(=O)C(=N)CCCCO. The molecule has 0 saturated carbocycles. The fraction of sp³-hybridized carbons (Fsp3) is 0.778. The van der Waals surface area contributed by atoms with Crippen LogP contribution in [0.1, 0.15) is 39.0 Å². The van der Waals surface area contributed by atoms with Gasteiger partial charge in [-0.25, -0.2) is 0 Å². The van der Waals surface area contributed by atoms with Crippen molar-refractivity contribution in [3.63, 3.8) is 0 Å². The zero-order chi connectivity index (χ0) is 9.40. The Labute approximate surface area is 73.3 Å². The Bertz CT molecular complexity index is 155. The minimum atomic E-state index is -0.0459. The highest BCUT2D eigenvalue weighted by Crippen LogP contribution is 2.00. The van der Waals surface area contributed by atoms with E-state index in [-0.39, 0.29) is 18.1 Å². The van der Waals surface area contributed by atoms with Gasteiger partial charge in [-0.2, -0.15) is 0 Å². The molecule has 0 aliphatic heterocycles. The number of Topliss-reactive ketones (excluding diaryl/α,β-unsaturated/α-hetero) is 1. The van der Waals surface area contributed by atoms with Crippen LogP contribution in [-0.2, 0) is 4.79 Å². The van der Waals surface area contributed by atoms with Crippen molar-refractivity contribution in [2.45, 2.75) is 39.0 Å². The highest BCUT2D eigenvalue weighted by molar-refractivity contribution is 6.38. The molecule has 0 amide bonds. The molecular weight excluding hydrogens is 154 g/mol. The van der Waals surface area contributed by atoms with Crippen molar-refractivity contribution in [2.75, 3.05) is 6.61 Å². The number of aliphatic hydroxyl groups is 1. The largest absolute Gasteiger partial charge is 0.396 e. The quantitative estimate of drug-likeness (QED) is 0.451. The van der Waals surface area contributed by atoms with E-state index < -0.39 is 0 Å². The summed E-state index contributed by atoms with van der Waals surface area (Å²) in [7, 11) is 0. The van der Waals surface area contributed by atoms with Crippen LogP contribution in [0.3, 0.4) is 0 Å². The first kappa shape index (κ1) is 11.3. The first-order valence-electron chi connectivity index (χ1n) is 4.43. The van der Waals surface area contributed by atoms with Crippen LogP contribution in [0.2, 0.25) is 0 Å². The molecule has 0 saturated heterocycles. The van der Waals surface area contributed by atoms with Crippen molar-refractivity contribution in [1.29, 1.82) is 5.41 Å². The lowest BCUT2D eigenvalue weighted by molar-refractivity contribution is -0.113. The average molecular weight is 171 g/mol. The summed E-state index contributed by atoms with van der Waals surface area (Å²) < 4.78 is 0. The van der Waals surface area contributed by atoms with Gasteiger partial charge in [0, 0.05) is 13.0 Å². The van der Waals surface area contributed by atoms with Gasteiger partial charge in [-0.1, -0.05) is 6.92 Å². The fourth-order valence-electron chi connectivity index (χ4n) is 0.931. The van der Waals surface area contributed by atoms with Crippen LogP contribution in [0, 0.1) is 5.41 Å². The highest BCUT2D eigenvalue weighted by atomic mass is 16.2. The van der Waals surface area contributed by atoms with Crippen molar-refractivity contribution in [3.05, 3.63) is 0 Å². The molecule has 70 valence electrons. The van der Waals surface area contributed by atoms with E-state index in [1.54, 1.807) is 0 Å². The third kappa shape index (κ3) is 5.02. The molecule has 0 spiro atoms. The van der Waals surface area contributed by atoms with Gasteiger partial charge in [0.15, 0.2) is 5.78 Å². The van der Waals surface area contributed by atoms with Crippen LogP contribution >= 0.6 is 0 Å². The van der Waals surface area contributed by atoms with Gasteiger partial charge in [-0.15, -0.1) is 0 Å². The third-order valence-electron chi connectivity index (χ3n) is 1.65. The van der Waals surface area contributed by atoms with Gasteiger partial charge in [0.2, 0.25) is 0 Å². The van der Waals surface area contributed by atoms with Gasteiger partial charge in [0.25, 0.3) is 0 Å². The third-order valence-corrected chi connectivity index (χ3v) is 1.65. The van der Waals surface area contributed by atoms with Crippen molar-refractivity contribution in [1.82, 2.24) is 0 Å². The Morgan fingerprint density at radius 2 is 2.00 bits per heavy atom. The summed E-state index contributed by atoms with van der Waals surface area (Å²) in [4.78, 5) is 11.1. The molecule has 0 fully saturated rings. The van der Waals surface area contributed by atoms with Crippen molar-refractivity contribution >= 4 is 11.5 Å². The van der Waals surface area contributed by atoms with Crippen LogP contribution in [0.25, 0.3) is 0 Å². The Morgan fingerprint density at radius 1 is 1.33 bits per heavy atom. The van der Waals surface area contributed by atoms with Gasteiger partial charge in [-0.3, -0.25) is 4.79 Å². The molecule has 0 aromatic carbocycles. The lowest BCUT2D eigenvalue weighted by Gasteiger charge is -2.00. The normalized spacial score (nSPS) is 9.83. The first-order valence-corrected chi connectivity index (χ1v) is 4.43. The minimum Gasteiger partial charge on any atom is -0.396 e. The maximum atomic E-state index is 11.1. The molecule has 0 heterocycles. The molecule has 12 heavy (non-hydrogen) atoms. The van der Waals surface area contributed by atoms with Gasteiger partial charge >= 0.3 is 0 Å². The number of carbonyl (C=O) groups is 1. The molecule has 2 N–H and O–H groups in total. The highest BCUT2D eigenvalue weighted by Gasteiger charge is 2.06. The Hall–Kier alpha value is -0.700. The number of rotatable bonds is 7. The smallest absolute Gasteiger partial charge is 0.176 e. The van der Waals surface area contributed by atoms with Gasteiger partial charge in [0.05, 0.1) is 5.71 Å². The monoisotopic (exact) mass is 171 g/mol. The molecule has 0 unspecified atom stereocenters. The zero-order valence-corrected chi connectivity index (χ0v) is 7.60. The number of nitrogens with one attached hydrogen (secondary N) is 1. The Kier molecular flexibility index (Phi) is 6.57. The summed E-state index contributed by atoms with van der Waals surface area (Å²) in [6, 6.07) is 0. The lowest BCUT2D eigenvalue weighted by atomic mass is 10.1. The van der Waals surface area contributed by atoms with E-state index in [0.717, 1.165) is 12.8 Å². The number of aliphatic hydroxyl groups excluding tert-OH is 1. The summed E-state index contributed by atoms with van der Waals surface area (Å²) in [5.41, 5.74) is 0.213. The molecule has 3 nitrogen and oxygen atoms in total. The molecule has 0 bridgehead atoms. The second kappa shape index (κ2) is 6.98. The van der Waals surface area contributed by atoms with Crippen LogP contribution in [0.15, 0.2) is 0 Å². The zero-order valence-electron chi connectivity index (χ0n) is 7.60. The molecule has 0 rings (SSSR count). The topological polar surface area (TPSA) is 61.2 Å². The summed E-state index contributed by atoms with van der Waals surface area (Å²) in [6.45, 7) is 2.08. The van der Waals surface area contributed by atoms with Gasteiger partial charge in [0.1, 0.15) is 0 Å². The summed E-state index contributed by atoms with van der Waals surface area (Å²) in [5, 5.41) is 15.8. The van der Waals surface area contributed by atoms with Crippen molar-refractivity contribution in [3.8, 4) is 0 Å². The molecule has 0 aromatic heterocycles. The maximum Gasteiger partial charge on any atom is 0.176 e. The molecule has 0 atom stereocenters. The molecule has 0 aliphatic rings. The van der Waals surface area contributed by atoms with Crippen molar-refractivity contribution in [2.24, 2.45) is 0 Å². The predicted octanol–water partition coefficient (Wildman–Crippen LogP) is 1.54. The molecular formula is C9H17NO2. The van der Waals surface area contributed by atoms with Crippen LogP contribution in [0.5, 0.6) is 0 Å². The molecule has 0 aliphatic carbocycles. The lowest BCUT2D eigenvalue weighted by Crippen LogP contribution is -2.12. The molecule has 3 heteroatoms. The second-order valence-electron chi connectivity index (χ2n) is 2.83. The van der Waals surface area contributed by atoms with Crippen LogP contribution in [0.4, 0.5) is 0 Å². The van der Waals surface area contributed by atoms with E-state index >= 15 is 0 Å². The van der Waals surface area contributed by atoms with E-state index in [0.29, 0.717) is 19.3 Å². The summed E-state index contributed by atoms with van der Waals surface area (Å²) >= 11 is 0. The number of unbranched alkanes of at least 4 members (excludes halogenated alkanes) is 1. The number of ketones is 1. The number of hydrogen-bond acceptors (Lipinski definition) is 3. The second-order valence-corrected chi connectivity index (χ2v) is 2.83. The van der Waals surface area contributed by atoms with Crippen molar-refractivity contribution < 1.29 is 9.90 Å². The summed E-state index contributed by atoms with van der Waals surface area (Å²) in [5.74, 6) is -0.0459. The molecule has 0 radical (unpaired) electrons. The van der Waals surface area contributed by atoms with E-state index in [1.807, 2.05) is 6.92 Å². The van der Waals surface area contributed by atoms with Crippen LogP contribution in [-0.4, -0.2) is 23.2 Å². The summed E-state index contributed by atoms with van der Waals surface area (Å²) in [6.07, 6.45) is 3.23. The minimum absolute atomic E-state index is 0.0459. The molecule has 0 aromatic rings. The maximum absolute atomic E-state index is 11.1. The Morgan fingerprint density at radius 3 is 2.50 bits per heavy atom.